The lowest BCUT2D eigenvalue weighted by Crippen LogP contribution is -2.62. The highest BCUT2D eigenvalue weighted by Gasteiger charge is 2.71. The number of halogens is 4. The van der Waals surface area contributed by atoms with E-state index in [1.54, 1.807) is 0 Å². The van der Waals surface area contributed by atoms with Gasteiger partial charge in [-0.05, 0) is 43.9 Å². The van der Waals surface area contributed by atoms with Gasteiger partial charge in [-0.3, -0.25) is 4.79 Å². The molecule has 3 unspecified atom stereocenters. The second kappa shape index (κ2) is 6.80. The fourth-order valence-electron chi connectivity index (χ4n) is 5.90. The van der Waals surface area contributed by atoms with Crippen LogP contribution in [0.2, 0.25) is 0 Å². The molecule has 1 saturated heterocycles. The van der Waals surface area contributed by atoms with Crippen molar-refractivity contribution in [3.63, 3.8) is 0 Å². The summed E-state index contributed by atoms with van der Waals surface area (Å²) in [4.78, 5) is 47.1. The van der Waals surface area contributed by atoms with Crippen molar-refractivity contribution in [1.29, 1.82) is 0 Å². The normalized spacial score (nSPS) is 36.8. The zero-order chi connectivity index (χ0) is 22.8. The van der Waals surface area contributed by atoms with Gasteiger partial charge in [-0.25, -0.2) is 14.4 Å². The highest BCUT2D eigenvalue weighted by atomic mass is 19.3. The zero-order valence-electron chi connectivity index (χ0n) is 16.2. The van der Waals surface area contributed by atoms with Crippen molar-refractivity contribution in [1.82, 2.24) is 0 Å². The smallest absolute Gasteiger partial charge is 0.415 e. The van der Waals surface area contributed by atoms with E-state index in [-0.39, 0.29) is 44.1 Å². The van der Waals surface area contributed by atoms with Gasteiger partial charge in [0.1, 0.15) is 5.60 Å². The van der Waals surface area contributed by atoms with E-state index in [9.17, 15) is 36.7 Å². The summed E-state index contributed by atoms with van der Waals surface area (Å²) in [5.41, 5.74) is -2.80. The highest BCUT2D eigenvalue weighted by Crippen LogP contribution is 2.63. The SMILES string of the molecule is O=C1OCCC1OC(=O)C12CC3CC(CC(OC(=O)C(F)(F)C(F)(F)C(=O)O)(C3)C1)C2. The van der Waals surface area contributed by atoms with Gasteiger partial charge >= 0.3 is 35.7 Å². The van der Waals surface area contributed by atoms with Gasteiger partial charge in [0.05, 0.1) is 12.0 Å². The monoisotopic (exact) mass is 452 g/mol. The molecule has 4 aliphatic carbocycles. The van der Waals surface area contributed by atoms with Crippen LogP contribution in [-0.2, 0) is 33.4 Å². The molecule has 5 fully saturated rings. The fraction of sp³-hybridized carbons (Fsp3) is 0.789. The minimum absolute atomic E-state index is 0.101. The van der Waals surface area contributed by atoms with E-state index < -0.39 is 52.8 Å². The second-order valence-corrected chi connectivity index (χ2v) is 9.12. The van der Waals surface area contributed by atoms with Gasteiger partial charge in [0, 0.05) is 12.8 Å². The van der Waals surface area contributed by atoms with E-state index in [0.29, 0.717) is 19.3 Å². The maximum atomic E-state index is 13.9. The Bertz CT molecular complexity index is 827. The van der Waals surface area contributed by atoms with Crippen LogP contribution in [-0.4, -0.2) is 59.1 Å². The molecular formula is C19H20F4O8. The largest absolute Gasteiger partial charge is 0.477 e. The molecule has 0 aromatic heterocycles. The molecule has 0 aromatic carbocycles. The number of ether oxygens (including phenoxy) is 3. The third-order valence-electron chi connectivity index (χ3n) is 6.81. The Labute approximate surface area is 173 Å². The van der Waals surface area contributed by atoms with Gasteiger partial charge in [-0.1, -0.05) is 0 Å². The van der Waals surface area contributed by atoms with E-state index in [1.165, 1.54) is 0 Å². The lowest BCUT2D eigenvalue weighted by atomic mass is 9.48. The molecule has 172 valence electrons. The Kier molecular flexibility index (Phi) is 4.78. The first-order valence-electron chi connectivity index (χ1n) is 9.90. The van der Waals surface area contributed by atoms with E-state index in [1.807, 2.05) is 0 Å². The number of carboxylic acid groups (broad SMARTS) is 1. The Morgan fingerprint density at radius 2 is 1.65 bits per heavy atom. The van der Waals surface area contributed by atoms with Crippen LogP contribution in [0.4, 0.5) is 17.6 Å². The average Bonchev–Trinajstić information content (AvgIpc) is 3.04. The van der Waals surface area contributed by atoms with Crippen molar-refractivity contribution in [3.8, 4) is 0 Å². The van der Waals surface area contributed by atoms with Crippen molar-refractivity contribution < 1.29 is 56.1 Å². The molecule has 1 heterocycles. The molecule has 4 bridgehead atoms. The Morgan fingerprint density at radius 1 is 1.03 bits per heavy atom. The summed E-state index contributed by atoms with van der Waals surface area (Å²) in [6, 6.07) is 0. The summed E-state index contributed by atoms with van der Waals surface area (Å²) in [6.45, 7) is 0.101. The van der Waals surface area contributed by atoms with Crippen LogP contribution < -0.4 is 0 Å². The quantitative estimate of drug-likeness (QED) is 0.370. The van der Waals surface area contributed by atoms with Gasteiger partial charge in [-0.15, -0.1) is 0 Å². The molecule has 0 spiro atoms. The molecule has 1 aliphatic heterocycles. The first-order chi connectivity index (χ1) is 14.3. The van der Waals surface area contributed by atoms with E-state index >= 15 is 0 Å². The number of carbonyl (C=O) groups excluding carboxylic acids is 3. The van der Waals surface area contributed by atoms with Crippen molar-refractivity contribution >= 4 is 23.9 Å². The summed E-state index contributed by atoms with van der Waals surface area (Å²) >= 11 is 0. The topological polar surface area (TPSA) is 116 Å². The van der Waals surface area contributed by atoms with Crippen LogP contribution in [0.3, 0.4) is 0 Å². The molecule has 0 amide bonds. The summed E-state index contributed by atoms with van der Waals surface area (Å²) in [5.74, 6) is -18.8. The third kappa shape index (κ3) is 3.34. The van der Waals surface area contributed by atoms with Gasteiger partial charge in [-0.2, -0.15) is 17.6 Å². The minimum atomic E-state index is -5.65. The number of esters is 3. The number of hydrogen-bond donors (Lipinski definition) is 1. The Balaban J connectivity index is 1.55. The molecule has 1 N–H and O–H groups in total. The number of carbonyl (C=O) groups is 4. The minimum Gasteiger partial charge on any atom is -0.477 e. The number of rotatable bonds is 6. The first kappa shape index (κ1) is 21.8. The molecule has 4 saturated carbocycles. The fourth-order valence-corrected chi connectivity index (χ4v) is 5.90. The first-order valence-corrected chi connectivity index (χ1v) is 9.90. The zero-order valence-corrected chi connectivity index (χ0v) is 16.2. The maximum absolute atomic E-state index is 13.9. The van der Waals surface area contributed by atoms with Crippen LogP contribution in [0.1, 0.15) is 44.9 Å². The molecule has 0 aromatic rings. The number of hydrogen-bond acceptors (Lipinski definition) is 7. The number of aliphatic carboxylic acids is 1. The number of carboxylic acids is 1. The molecule has 0 radical (unpaired) electrons. The lowest BCUT2D eigenvalue weighted by Gasteiger charge is -2.59. The molecule has 8 nitrogen and oxygen atoms in total. The Morgan fingerprint density at radius 3 is 2.16 bits per heavy atom. The van der Waals surface area contributed by atoms with Crippen LogP contribution in [0, 0.1) is 17.3 Å². The standard InChI is InChI=1S/C19H20F4O8/c20-18(21,13(25)26)19(22,23)15(28)31-17-6-9-3-10(7-17)5-16(4-9,8-17)14(27)30-11-1-2-29-12(11)24/h9-11H,1-8H2,(H,25,26). The molecule has 5 aliphatic rings. The van der Waals surface area contributed by atoms with Crippen LogP contribution in [0.25, 0.3) is 0 Å². The molecule has 5 rings (SSSR count). The predicted molar refractivity (Wildman–Crippen MR) is 88.9 cm³/mol. The maximum Gasteiger partial charge on any atom is 0.415 e. The third-order valence-corrected chi connectivity index (χ3v) is 6.81. The molecule has 31 heavy (non-hydrogen) atoms. The van der Waals surface area contributed by atoms with Crippen LogP contribution in [0.5, 0.6) is 0 Å². The van der Waals surface area contributed by atoms with Crippen molar-refractivity contribution in [3.05, 3.63) is 0 Å². The average molecular weight is 452 g/mol. The summed E-state index contributed by atoms with van der Waals surface area (Å²) in [6.07, 6.45) is 0.433. The molecule has 3 atom stereocenters. The van der Waals surface area contributed by atoms with E-state index in [0.717, 1.165) is 0 Å². The second-order valence-electron chi connectivity index (χ2n) is 9.12. The van der Waals surface area contributed by atoms with Crippen LogP contribution in [0.15, 0.2) is 0 Å². The lowest BCUT2D eigenvalue weighted by molar-refractivity contribution is -0.256. The van der Waals surface area contributed by atoms with Crippen LogP contribution >= 0.6 is 0 Å². The number of alkyl halides is 4. The van der Waals surface area contributed by atoms with Gasteiger partial charge in [0.25, 0.3) is 0 Å². The summed E-state index contributed by atoms with van der Waals surface area (Å²) in [5, 5.41) is 8.39. The van der Waals surface area contributed by atoms with E-state index in [2.05, 4.69) is 0 Å². The molecular weight excluding hydrogens is 432 g/mol. The highest BCUT2D eigenvalue weighted by molar-refractivity contribution is 5.89. The van der Waals surface area contributed by atoms with Crippen molar-refractivity contribution in [2.45, 2.75) is 68.5 Å². The van der Waals surface area contributed by atoms with Gasteiger partial charge in [0.2, 0.25) is 6.10 Å². The van der Waals surface area contributed by atoms with Crippen molar-refractivity contribution in [2.24, 2.45) is 17.3 Å². The Hall–Kier alpha value is -2.40. The van der Waals surface area contributed by atoms with Gasteiger partial charge < -0.3 is 19.3 Å². The molecule has 12 heteroatoms. The summed E-state index contributed by atoms with van der Waals surface area (Å²) < 4.78 is 69.7. The van der Waals surface area contributed by atoms with Crippen molar-refractivity contribution in [2.75, 3.05) is 6.61 Å². The number of cyclic esters (lactones) is 1. The summed E-state index contributed by atoms with van der Waals surface area (Å²) in [7, 11) is 0. The van der Waals surface area contributed by atoms with Gasteiger partial charge in [0.15, 0.2) is 0 Å². The predicted octanol–water partition coefficient (Wildman–Crippen LogP) is 2.08. The van der Waals surface area contributed by atoms with E-state index in [4.69, 9.17) is 19.3 Å².